The lowest BCUT2D eigenvalue weighted by Crippen LogP contribution is -2.40. The third kappa shape index (κ3) is 3.61. The molecule has 1 fully saturated rings. The quantitative estimate of drug-likeness (QED) is 0.774. The Kier molecular flexibility index (Phi) is 5.06. The molecule has 0 saturated carbocycles. The molecule has 1 heterocycles. The minimum absolute atomic E-state index is 0.121. The molecule has 0 aliphatic carbocycles. The maximum Gasteiger partial charge on any atom is 0.255 e. The third-order valence-corrected chi connectivity index (χ3v) is 4.02. The van der Waals surface area contributed by atoms with Gasteiger partial charge in [-0.05, 0) is 43.4 Å². The van der Waals surface area contributed by atoms with Gasteiger partial charge in [-0.25, -0.2) is 4.39 Å². The van der Waals surface area contributed by atoms with Crippen LogP contribution < -0.4 is 0 Å². The molecule has 1 unspecified atom stereocenters. The zero-order chi connectivity index (χ0) is 13.8. The van der Waals surface area contributed by atoms with Gasteiger partial charge in [0.15, 0.2) is 0 Å². The van der Waals surface area contributed by atoms with Crippen LogP contribution in [0.15, 0.2) is 18.2 Å². The van der Waals surface area contributed by atoms with Crippen LogP contribution in [0.3, 0.4) is 0 Å². The van der Waals surface area contributed by atoms with Crippen LogP contribution in [0.2, 0.25) is 5.02 Å². The van der Waals surface area contributed by atoms with E-state index in [4.69, 9.17) is 23.2 Å². The number of benzene rings is 1. The highest BCUT2D eigenvalue weighted by atomic mass is 35.5. The van der Waals surface area contributed by atoms with Crippen LogP contribution in [0, 0.1) is 11.7 Å². The van der Waals surface area contributed by atoms with Crippen LogP contribution in [0.1, 0.15) is 29.6 Å². The summed E-state index contributed by atoms with van der Waals surface area (Å²) in [5.74, 6) is 0.517. The lowest BCUT2D eigenvalue weighted by Gasteiger charge is -2.32. The second-order valence-electron chi connectivity index (χ2n) is 4.86. The number of amides is 1. The lowest BCUT2D eigenvalue weighted by molar-refractivity contribution is 0.0672. The second kappa shape index (κ2) is 6.58. The van der Waals surface area contributed by atoms with Crippen molar-refractivity contribution >= 4 is 29.1 Å². The number of hydrogen-bond acceptors (Lipinski definition) is 1. The van der Waals surface area contributed by atoms with Crippen LogP contribution in [0.4, 0.5) is 4.39 Å². The molecule has 0 N–H and O–H groups in total. The number of piperidine rings is 1. The molecule has 2 rings (SSSR count). The number of halogens is 3. The number of rotatable bonds is 3. The van der Waals surface area contributed by atoms with Crippen LogP contribution in [-0.2, 0) is 0 Å². The minimum Gasteiger partial charge on any atom is -0.338 e. The van der Waals surface area contributed by atoms with Crippen LogP contribution in [0.25, 0.3) is 0 Å². The Morgan fingerprint density at radius 2 is 2.26 bits per heavy atom. The summed E-state index contributed by atoms with van der Waals surface area (Å²) in [4.78, 5) is 14.2. The Morgan fingerprint density at radius 1 is 1.47 bits per heavy atom. The van der Waals surface area contributed by atoms with Crippen molar-refractivity contribution in [3.05, 3.63) is 34.6 Å². The Morgan fingerprint density at radius 3 is 2.95 bits per heavy atom. The lowest BCUT2D eigenvalue weighted by atomic mass is 9.95. The van der Waals surface area contributed by atoms with E-state index in [0.29, 0.717) is 23.9 Å². The smallest absolute Gasteiger partial charge is 0.255 e. The number of carbonyl (C=O) groups excluding carboxylic acids is 1. The number of nitrogens with zero attached hydrogens (tertiary/aromatic N) is 1. The molecule has 19 heavy (non-hydrogen) atoms. The van der Waals surface area contributed by atoms with E-state index >= 15 is 0 Å². The molecule has 0 spiro atoms. The molecule has 0 bridgehead atoms. The standard InChI is InChI=1S/C14H16Cl2FNO/c15-6-5-10-2-1-7-18(9-10)14(19)12-4-3-11(17)8-13(12)16/h3-4,8,10H,1-2,5-7,9H2. The van der Waals surface area contributed by atoms with E-state index in [1.165, 1.54) is 18.2 Å². The van der Waals surface area contributed by atoms with Gasteiger partial charge >= 0.3 is 0 Å². The van der Waals surface area contributed by atoms with Crippen molar-refractivity contribution in [2.75, 3.05) is 19.0 Å². The Balaban J connectivity index is 2.10. The topological polar surface area (TPSA) is 20.3 Å². The highest BCUT2D eigenvalue weighted by Gasteiger charge is 2.25. The Labute approximate surface area is 122 Å². The van der Waals surface area contributed by atoms with E-state index in [0.717, 1.165) is 25.8 Å². The molecule has 1 amide bonds. The minimum atomic E-state index is -0.430. The molecule has 1 aromatic carbocycles. The van der Waals surface area contributed by atoms with Gasteiger partial charge in [0.2, 0.25) is 0 Å². The molecular weight excluding hydrogens is 288 g/mol. The maximum atomic E-state index is 13.0. The third-order valence-electron chi connectivity index (χ3n) is 3.49. The highest BCUT2D eigenvalue weighted by molar-refractivity contribution is 6.33. The van der Waals surface area contributed by atoms with Crippen LogP contribution in [-0.4, -0.2) is 29.8 Å². The van der Waals surface area contributed by atoms with Crippen molar-refractivity contribution in [3.63, 3.8) is 0 Å². The monoisotopic (exact) mass is 303 g/mol. The van der Waals surface area contributed by atoms with Gasteiger partial charge in [-0.15, -0.1) is 11.6 Å². The second-order valence-corrected chi connectivity index (χ2v) is 5.65. The summed E-state index contributed by atoms with van der Waals surface area (Å²) in [7, 11) is 0. The van der Waals surface area contributed by atoms with Crippen molar-refractivity contribution in [3.8, 4) is 0 Å². The number of likely N-dealkylation sites (tertiary alicyclic amines) is 1. The number of alkyl halides is 1. The van der Waals surface area contributed by atoms with Crippen LogP contribution in [0.5, 0.6) is 0 Å². The molecule has 0 radical (unpaired) electrons. The van der Waals surface area contributed by atoms with E-state index in [1.54, 1.807) is 4.90 Å². The first kappa shape index (κ1) is 14.6. The van der Waals surface area contributed by atoms with Gasteiger partial charge < -0.3 is 4.90 Å². The summed E-state index contributed by atoms with van der Waals surface area (Å²) in [6, 6.07) is 3.89. The zero-order valence-electron chi connectivity index (χ0n) is 10.5. The van der Waals surface area contributed by atoms with Crippen LogP contribution >= 0.6 is 23.2 Å². The van der Waals surface area contributed by atoms with Gasteiger partial charge in [0, 0.05) is 19.0 Å². The first-order chi connectivity index (χ1) is 9.11. The molecule has 0 aromatic heterocycles. The van der Waals surface area contributed by atoms with E-state index in [9.17, 15) is 9.18 Å². The van der Waals surface area contributed by atoms with Gasteiger partial charge in [-0.2, -0.15) is 0 Å². The highest BCUT2D eigenvalue weighted by Crippen LogP contribution is 2.24. The average Bonchev–Trinajstić information content (AvgIpc) is 2.39. The normalized spacial score (nSPS) is 19.5. The fraction of sp³-hybridized carbons (Fsp3) is 0.500. The van der Waals surface area contributed by atoms with Gasteiger partial charge in [-0.3, -0.25) is 4.79 Å². The first-order valence-electron chi connectivity index (χ1n) is 6.42. The molecule has 1 atom stereocenters. The molecule has 1 aromatic rings. The molecule has 2 nitrogen and oxygen atoms in total. The predicted octanol–water partition coefficient (Wildman–Crippen LogP) is 3.96. The van der Waals surface area contributed by atoms with Crippen molar-refractivity contribution in [1.29, 1.82) is 0 Å². The van der Waals surface area contributed by atoms with E-state index in [-0.39, 0.29) is 10.9 Å². The van der Waals surface area contributed by atoms with Crippen molar-refractivity contribution in [1.82, 2.24) is 4.90 Å². The average molecular weight is 304 g/mol. The van der Waals surface area contributed by atoms with Crippen molar-refractivity contribution in [2.45, 2.75) is 19.3 Å². The summed E-state index contributed by atoms with van der Waals surface area (Å²) in [5, 5.41) is 0.171. The molecule has 5 heteroatoms. The van der Waals surface area contributed by atoms with Gasteiger partial charge in [0.25, 0.3) is 5.91 Å². The van der Waals surface area contributed by atoms with Gasteiger partial charge in [-0.1, -0.05) is 11.6 Å². The first-order valence-corrected chi connectivity index (χ1v) is 7.33. The largest absolute Gasteiger partial charge is 0.338 e. The molecule has 104 valence electrons. The fourth-order valence-corrected chi connectivity index (χ4v) is 3.03. The summed E-state index contributed by atoms with van der Waals surface area (Å²) in [5.41, 5.74) is 0.370. The summed E-state index contributed by atoms with van der Waals surface area (Å²) >= 11 is 11.7. The maximum absolute atomic E-state index is 13.0. The number of hydrogen-bond donors (Lipinski definition) is 0. The summed E-state index contributed by atoms with van der Waals surface area (Å²) in [6.07, 6.45) is 3.00. The van der Waals surface area contributed by atoms with Crippen molar-refractivity contribution in [2.24, 2.45) is 5.92 Å². The zero-order valence-corrected chi connectivity index (χ0v) is 12.1. The van der Waals surface area contributed by atoms with Gasteiger partial charge in [0.1, 0.15) is 5.82 Å². The predicted molar refractivity (Wildman–Crippen MR) is 75.4 cm³/mol. The fourth-order valence-electron chi connectivity index (χ4n) is 2.47. The van der Waals surface area contributed by atoms with E-state index in [1.807, 2.05) is 0 Å². The summed E-state index contributed by atoms with van der Waals surface area (Å²) < 4.78 is 13.0. The summed E-state index contributed by atoms with van der Waals surface area (Å²) in [6.45, 7) is 1.44. The number of carbonyl (C=O) groups is 1. The Bertz CT molecular complexity index is 465. The molecule has 1 saturated heterocycles. The molecule has 1 aliphatic heterocycles. The molecule has 1 aliphatic rings. The van der Waals surface area contributed by atoms with E-state index in [2.05, 4.69) is 0 Å². The molecular formula is C14H16Cl2FNO. The van der Waals surface area contributed by atoms with E-state index < -0.39 is 5.82 Å². The SMILES string of the molecule is O=C(c1ccc(F)cc1Cl)N1CCCC(CCCl)C1. The van der Waals surface area contributed by atoms with Gasteiger partial charge in [0.05, 0.1) is 10.6 Å². The van der Waals surface area contributed by atoms with Crippen molar-refractivity contribution < 1.29 is 9.18 Å². The Hall–Kier alpha value is -0.800.